The van der Waals surface area contributed by atoms with Gasteiger partial charge < -0.3 is 3.90 Å². The smallest absolute Gasteiger partial charge is 0.126 e. The molecule has 0 rings (SSSR count). The van der Waals surface area contributed by atoms with Gasteiger partial charge in [-0.2, -0.15) is 0 Å². The van der Waals surface area contributed by atoms with Crippen molar-refractivity contribution in [2.24, 2.45) is 0 Å². The van der Waals surface area contributed by atoms with Crippen molar-refractivity contribution in [3.8, 4) is 0 Å². The van der Waals surface area contributed by atoms with E-state index in [2.05, 4.69) is 24.7 Å². The highest BCUT2D eigenvalue weighted by Crippen LogP contribution is 2.02. The SMILES string of the molecule is CCCC[Si]N([Si]CCCC)[Si]CCCC. The first-order valence-electron chi connectivity index (χ1n) is 6.85. The molecule has 0 fully saturated rings. The standard InChI is InChI=1S/C12H27NSi3/c1-4-7-10-14-13(15-11-8-5-2)16-12-9-6-3/h4-12H2,1-3H3. The molecule has 4 heteroatoms. The number of nitrogens with zero attached hydrogens (tertiary/aromatic N) is 1. The molecular weight excluding hydrogens is 242 g/mol. The van der Waals surface area contributed by atoms with Gasteiger partial charge in [-0.15, -0.1) is 0 Å². The van der Waals surface area contributed by atoms with Crippen molar-refractivity contribution in [3.05, 3.63) is 0 Å². The lowest BCUT2D eigenvalue weighted by molar-refractivity contribution is 0.832. The Bertz CT molecular complexity index is 110. The van der Waals surface area contributed by atoms with E-state index in [0.29, 0.717) is 0 Å². The summed E-state index contributed by atoms with van der Waals surface area (Å²) in [4.78, 5) is 0. The predicted octanol–water partition coefficient (Wildman–Crippen LogP) is 3.80. The molecule has 16 heavy (non-hydrogen) atoms. The van der Waals surface area contributed by atoms with E-state index in [1.54, 1.807) is 0 Å². The molecule has 0 atom stereocenters. The third-order valence-corrected chi connectivity index (χ3v) is 7.93. The number of hydrogen-bond donors (Lipinski definition) is 0. The van der Waals surface area contributed by atoms with Crippen LogP contribution in [0.1, 0.15) is 59.3 Å². The largest absolute Gasteiger partial charge is 0.374 e. The zero-order valence-electron chi connectivity index (χ0n) is 11.3. The van der Waals surface area contributed by atoms with Crippen LogP contribution in [-0.2, 0) is 0 Å². The normalized spacial score (nSPS) is 11.2. The van der Waals surface area contributed by atoms with E-state index in [4.69, 9.17) is 0 Å². The second-order valence-electron chi connectivity index (χ2n) is 4.12. The van der Waals surface area contributed by atoms with E-state index < -0.39 is 0 Å². The fourth-order valence-corrected chi connectivity index (χ4v) is 6.83. The zero-order chi connectivity index (χ0) is 12.1. The van der Waals surface area contributed by atoms with Crippen LogP contribution in [0.5, 0.6) is 0 Å². The van der Waals surface area contributed by atoms with E-state index in [9.17, 15) is 0 Å². The maximum Gasteiger partial charge on any atom is 0.126 e. The molecule has 0 spiro atoms. The Kier molecular flexibility index (Phi) is 14.2. The Labute approximate surface area is 110 Å². The van der Waals surface area contributed by atoms with Gasteiger partial charge in [-0.1, -0.05) is 59.3 Å². The summed E-state index contributed by atoms with van der Waals surface area (Å²) in [5.74, 6) is 0. The molecular formula is C12H27NSi3. The molecule has 0 bridgehead atoms. The van der Waals surface area contributed by atoms with Crippen LogP contribution in [0.3, 0.4) is 0 Å². The molecule has 0 aromatic carbocycles. The molecule has 92 valence electrons. The van der Waals surface area contributed by atoms with Gasteiger partial charge in [0.2, 0.25) is 0 Å². The summed E-state index contributed by atoms with van der Waals surface area (Å²) >= 11 is 0. The third-order valence-electron chi connectivity index (χ3n) is 2.40. The average Bonchev–Trinajstić information content (AvgIpc) is 2.29. The lowest BCUT2D eigenvalue weighted by Gasteiger charge is -2.19. The molecule has 0 aromatic heterocycles. The van der Waals surface area contributed by atoms with E-state index in [1.165, 1.54) is 56.7 Å². The van der Waals surface area contributed by atoms with Crippen LogP contribution in [0.4, 0.5) is 0 Å². The first-order valence-corrected chi connectivity index (χ1v) is 10.3. The molecule has 6 radical (unpaired) electrons. The molecule has 1 nitrogen and oxygen atoms in total. The molecule has 0 aliphatic carbocycles. The summed E-state index contributed by atoms with van der Waals surface area (Å²) < 4.78 is 2.78. The van der Waals surface area contributed by atoms with Crippen LogP contribution in [0.15, 0.2) is 0 Å². The lowest BCUT2D eigenvalue weighted by Crippen LogP contribution is -2.34. The minimum atomic E-state index is 1.11. The molecule has 0 saturated carbocycles. The zero-order valence-corrected chi connectivity index (χ0v) is 14.3. The van der Waals surface area contributed by atoms with Crippen molar-refractivity contribution < 1.29 is 0 Å². The molecule has 0 unspecified atom stereocenters. The van der Waals surface area contributed by atoms with Gasteiger partial charge in [0, 0.05) is 0 Å². The molecule has 0 amide bonds. The second kappa shape index (κ2) is 13.7. The average molecular weight is 270 g/mol. The topological polar surface area (TPSA) is 3.24 Å². The van der Waals surface area contributed by atoms with E-state index >= 15 is 0 Å². The van der Waals surface area contributed by atoms with Crippen molar-refractivity contribution in [3.63, 3.8) is 0 Å². The fourth-order valence-electron chi connectivity index (χ4n) is 1.27. The Morgan fingerprint density at radius 3 is 1.19 bits per heavy atom. The van der Waals surface area contributed by atoms with Gasteiger partial charge in [0.25, 0.3) is 0 Å². The predicted molar refractivity (Wildman–Crippen MR) is 78.2 cm³/mol. The quantitative estimate of drug-likeness (QED) is 0.385. The van der Waals surface area contributed by atoms with Gasteiger partial charge in [-0.05, 0) is 18.1 Å². The highest BCUT2D eigenvalue weighted by molar-refractivity contribution is 6.65. The molecule has 0 N–H and O–H groups in total. The minimum absolute atomic E-state index is 1.11. The van der Waals surface area contributed by atoms with Gasteiger partial charge in [-0.3, -0.25) is 0 Å². The van der Waals surface area contributed by atoms with E-state index in [-0.39, 0.29) is 0 Å². The third kappa shape index (κ3) is 11.1. The molecule has 0 saturated heterocycles. The van der Waals surface area contributed by atoms with Crippen molar-refractivity contribution in [2.45, 2.75) is 77.4 Å². The Hall–Kier alpha value is 0.611. The van der Waals surface area contributed by atoms with Crippen molar-refractivity contribution in [2.75, 3.05) is 0 Å². The minimum Gasteiger partial charge on any atom is -0.374 e. The maximum absolute atomic E-state index is 2.78. The number of hydrogen-bond acceptors (Lipinski definition) is 1. The highest BCUT2D eigenvalue weighted by Gasteiger charge is 2.06. The first kappa shape index (κ1) is 16.6. The van der Waals surface area contributed by atoms with Crippen LogP contribution < -0.4 is 0 Å². The molecule has 0 aliphatic heterocycles. The van der Waals surface area contributed by atoms with Crippen LogP contribution in [-0.4, -0.2) is 32.9 Å². The van der Waals surface area contributed by atoms with E-state index in [0.717, 1.165) is 29.0 Å². The summed E-state index contributed by atoms with van der Waals surface area (Å²) in [5.41, 5.74) is 0. The molecule has 0 aliphatic rings. The van der Waals surface area contributed by atoms with Gasteiger partial charge in [0.1, 0.15) is 29.0 Å². The Balaban J connectivity index is 3.58. The van der Waals surface area contributed by atoms with Crippen LogP contribution >= 0.6 is 0 Å². The second-order valence-corrected chi connectivity index (χ2v) is 9.25. The van der Waals surface area contributed by atoms with Gasteiger partial charge in [0.15, 0.2) is 0 Å². The number of rotatable bonds is 12. The van der Waals surface area contributed by atoms with Gasteiger partial charge in [0.05, 0.1) is 0 Å². The van der Waals surface area contributed by atoms with Crippen molar-refractivity contribution in [1.82, 2.24) is 3.90 Å². The summed E-state index contributed by atoms with van der Waals surface area (Å²) in [6.45, 7) is 6.90. The summed E-state index contributed by atoms with van der Waals surface area (Å²) in [6.07, 6.45) is 8.34. The van der Waals surface area contributed by atoms with Crippen LogP contribution in [0.2, 0.25) is 18.1 Å². The van der Waals surface area contributed by atoms with Crippen molar-refractivity contribution in [1.29, 1.82) is 0 Å². The van der Waals surface area contributed by atoms with E-state index in [1.807, 2.05) is 0 Å². The Morgan fingerprint density at radius 1 is 0.625 bits per heavy atom. The van der Waals surface area contributed by atoms with Gasteiger partial charge in [-0.25, -0.2) is 0 Å². The van der Waals surface area contributed by atoms with Crippen LogP contribution in [0, 0.1) is 0 Å². The van der Waals surface area contributed by atoms with Gasteiger partial charge >= 0.3 is 0 Å². The lowest BCUT2D eigenvalue weighted by atomic mass is 10.4. The molecule has 0 aromatic rings. The summed E-state index contributed by atoms with van der Waals surface area (Å²) in [6, 6.07) is 4.32. The Morgan fingerprint density at radius 2 is 0.938 bits per heavy atom. The highest BCUT2D eigenvalue weighted by atomic mass is 28.4. The van der Waals surface area contributed by atoms with Crippen molar-refractivity contribution >= 4 is 29.0 Å². The monoisotopic (exact) mass is 269 g/mol. The summed E-state index contributed by atoms with van der Waals surface area (Å²) in [7, 11) is 3.33. The molecule has 0 heterocycles. The maximum atomic E-state index is 2.78. The van der Waals surface area contributed by atoms with Crippen LogP contribution in [0.25, 0.3) is 0 Å². The summed E-state index contributed by atoms with van der Waals surface area (Å²) in [5, 5.41) is 0. The first-order chi connectivity index (χ1) is 7.85. The number of unbranched alkanes of at least 4 members (excludes halogenated alkanes) is 3. The fraction of sp³-hybridized carbons (Fsp3) is 1.00.